The summed E-state index contributed by atoms with van der Waals surface area (Å²) in [6, 6.07) is 31.8. The molecule has 0 saturated carbocycles. The number of amides is 12. The Kier molecular flexibility index (Phi) is 28.9. The number of aryl methyl sites for hydroxylation is 4. The molecular formula is C56H60N8O16Rh2. The Morgan fingerprint density at radius 3 is 0.671 bits per heavy atom. The summed E-state index contributed by atoms with van der Waals surface area (Å²) in [4.78, 5) is 143. The molecule has 0 spiro atoms. The van der Waals surface area contributed by atoms with Gasteiger partial charge in [-0.25, -0.2) is 0 Å². The summed E-state index contributed by atoms with van der Waals surface area (Å²) in [7, 11) is 4.90. The van der Waals surface area contributed by atoms with E-state index in [-0.39, 0.29) is 114 Å². The molecule has 0 aromatic heterocycles. The molecule has 4 aromatic carbocycles. The summed E-state index contributed by atoms with van der Waals surface area (Å²) in [6.07, 6.45) is 3.02. The molecule has 4 unspecified atom stereocenters. The van der Waals surface area contributed by atoms with Crippen molar-refractivity contribution in [3.63, 3.8) is 0 Å². The first-order chi connectivity index (χ1) is 38.5. The zero-order valence-corrected chi connectivity index (χ0v) is 48.4. The summed E-state index contributed by atoms with van der Waals surface area (Å²) >= 11 is 0. The smallest absolute Gasteiger partial charge is 0.469 e. The number of carbonyl (C=O) groups is 12. The first kappa shape index (κ1) is 68.0. The molecule has 24 nitrogen and oxygen atoms in total. The van der Waals surface area contributed by atoms with Crippen LogP contribution in [0.15, 0.2) is 121 Å². The minimum Gasteiger partial charge on any atom is -0.469 e. The predicted molar refractivity (Wildman–Crippen MR) is 284 cm³/mol. The van der Waals surface area contributed by atoms with Crippen molar-refractivity contribution in [2.45, 2.75) is 75.5 Å². The number of hydrogen-bond acceptors (Lipinski definition) is 16. The van der Waals surface area contributed by atoms with Gasteiger partial charge in [0, 0.05) is 25.7 Å². The Bertz CT molecular complexity index is 2460. The minimum atomic E-state index is -0.895. The van der Waals surface area contributed by atoms with Gasteiger partial charge in [0.2, 0.25) is 0 Å². The number of imide groups is 4. The van der Waals surface area contributed by atoms with E-state index in [1.165, 1.54) is 28.4 Å². The molecule has 4 fully saturated rings. The van der Waals surface area contributed by atoms with Gasteiger partial charge in [-0.1, -0.05) is 121 Å². The Hall–Kier alpha value is -8.23. The van der Waals surface area contributed by atoms with Gasteiger partial charge in [0.15, 0.2) is 24.1 Å². The molecule has 0 aliphatic carbocycles. The molecule has 82 heavy (non-hydrogen) atoms. The van der Waals surface area contributed by atoms with Crippen molar-refractivity contribution in [2.24, 2.45) is 0 Å². The number of esters is 4. The van der Waals surface area contributed by atoms with Crippen molar-refractivity contribution < 1.29 is 115 Å². The van der Waals surface area contributed by atoms with Crippen molar-refractivity contribution >= 4 is 71.6 Å². The second-order valence-electron chi connectivity index (χ2n) is 17.8. The van der Waals surface area contributed by atoms with Crippen molar-refractivity contribution in [2.75, 3.05) is 54.6 Å². The second kappa shape index (κ2) is 34.8. The van der Waals surface area contributed by atoms with Gasteiger partial charge in [0.1, 0.15) is 23.6 Å². The number of benzene rings is 4. The number of hydrogen-bond donors (Lipinski definition) is 0. The van der Waals surface area contributed by atoms with E-state index in [0.717, 1.165) is 41.9 Å². The molecule has 12 amide bonds. The molecule has 4 aliphatic heterocycles. The normalized spacial score (nSPS) is 17.3. The second-order valence-corrected chi connectivity index (χ2v) is 17.8. The summed E-state index contributed by atoms with van der Waals surface area (Å²) in [6.45, 7) is -0.115. The summed E-state index contributed by atoms with van der Waals surface area (Å²) in [5, 5.41) is 14.4. The van der Waals surface area contributed by atoms with Gasteiger partial charge in [-0.15, -0.1) is 0 Å². The number of carbonyl (C=O) groups excluding carboxylic acids is 12. The van der Waals surface area contributed by atoms with E-state index >= 15 is 0 Å². The molecule has 8 rings (SSSR count). The van der Waals surface area contributed by atoms with Crippen molar-refractivity contribution in [1.29, 1.82) is 0 Å². The first-order valence-corrected chi connectivity index (χ1v) is 25.1. The third-order valence-corrected chi connectivity index (χ3v) is 12.4. The van der Waals surface area contributed by atoms with Crippen LogP contribution < -0.4 is 0 Å². The van der Waals surface area contributed by atoms with Crippen molar-refractivity contribution in [3.8, 4) is 0 Å². The summed E-state index contributed by atoms with van der Waals surface area (Å²) < 4.78 is 18.1. The minimum absolute atomic E-state index is 0. The Morgan fingerprint density at radius 2 is 0.512 bits per heavy atom. The average Bonchev–Trinajstić information content (AvgIpc) is 4.32. The Morgan fingerprint density at radius 1 is 0.341 bits per heavy atom. The largest absolute Gasteiger partial charge is 2.00 e. The van der Waals surface area contributed by atoms with Gasteiger partial charge < -0.3 is 59.8 Å². The molecule has 4 heterocycles. The van der Waals surface area contributed by atoms with Crippen LogP contribution in [0.3, 0.4) is 0 Å². The number of ether oxygens (including phenoxy) is 4. The van der Waals surface area contributed by atoms with Crippen LogP contribution in [-0.2, 0) is 122 Å². The van der Waals surface area contributed by atoms with Crippen LogP contribution in [0.1, 0.15) is 47.9 Å². The van der Waals surface area contributed by atoms with E-state index in [4.69, 9.17) is 0 Å². The van der Waals surface area contributed by atoms with E-state index in [0.29, 0.717) is 25.7 Å². The van der Waals surface area contributed by atoms with Crippen LogP contribution in [-0.4, -0.2) is 170 Å². The number of nitrogens with zero attached hydrogens (tertiary/aromatic N) is 8. The molecule has 0 bridgehead atoms. The van der Waals surface area contributed by atoms with Gasteiger partial charge in [0.05, 0.1) is 52.6 Å². The van der Waals surface area contributed by atoms with Crippen LogP contribution >= 0.6 is 0 Å². The fourth-order valence-electron chi connectivity index (χ4n) is 7.99. The number of urea groups is 4. The molecular weight excluding hydrogens is 1250 g/mol. The predicted octanol–water partition coefficient (Wildman–Crippen LogP) is 5.98. The van der Waals surface area contributed by atoms with Crippen LogP contribution in [0.4, 0.5) is 19.2 Å². The quantitative estimate of drug-likeness (QED) is 0.0707. The van der Waals surface area contributed by atoms with Gasteiger partial charge >= 0.3 is 62.8 Å². The first-order valence-electron chi connectivity index (χ1n) is 25.1. The average molecular weight is 1310 g/mol. The Labute approximate surface area is 499 Å². The van der Waals surface area contributed by atoms with E-state index in [9.17, 15) is 57.5 Å². The van der Waals surface area contributed by atoms with Crippen LogP contribution in [0.25, 0.3) is 21.3 Å². The molecule has 4 atom stereocenters. The van der Waals surface area contributed by atoms with Crippen molar-refractivity contribution in [3.05, 3.63) is 165 Å². The molecule has 26 heteroatoms. The summed E-state index contributed by atoms with van der Waals surface area (Å²) in [5.41, 5.74) is 4.09. The fourth-order valence-corrected chi connectivity index (χ4v) is 7.99. The number of methoxy groups -OCH3 is 4. The molecule has 0 N–H and O–H groups in total. The van der Waals surface area contributed by atoms with E-state index < -0.39 is 72.2 Å². The number of rotatable bonds is 16. The van der Waals surface area contributed by atoms with Crippen molar-refractivity contribution in [1.82, 2.24) is 19.6 Å². The maximum atomic E-state index is 12.0. The maximum Gasteiger partial charge on any atom is 2.00 e. The van der Waals surface area contributed by atoms with E-state index in [1.807, 2.05) is 121 Å². The zero-order chi connectivity index (χ0) is 58.1. The SMILES string of the molecule is COC(=O)C1CN(C(=O)CCc2ccccc2)C(=O)[N-]1.COC(=O)C1CN(C(=O)CCc2ccccc2)C(=O)[N-]1.COC(=O)C1CN(C(=O)CCc2ccccc2)C(=O)[N-]1.COC(=O)C1CN(C(=O)CCc2ccccc2)C(=O)[N-]1.[Rh+2].[Rh+2]. The van der Waals surface area contributed by atoms with Gasteiger partial charge in [-0.3, -0.25) is 57.5 Å². The van der Waals surface area contributed by atoms with Gasteiger partial charge in [-0.2, -0.15) is 0 Å². The van der Waals surface area contributed by atoms with Gasteiger partial charge in [0.25, 0.3) is 0 Å². The third kappa shape index (κ3) is 20.7. The fraction of sp³-hybridized carbons (Fsp3) is 0.357. The van der Waals surface area contributed by atoms with E-state index in [1.54, 1.807) is 0 Å². The van der Waals surface area contributed by atoms with Crippen LogP contribution in [0, 0.1) is 0 Å². The maximum absolute atomic E-state index is 12.0. The van der Waals surface area contributed by atoms with Gasteiger partial charge in [-0.05, 0) is 74.1 Å². The molecule has 438 valence electrons. The molecule has 4 aliphatic rings. The zero-order valence-electron chi connectivity index (χ0n) is 45.1. The topological polar surface area (TPSA) is 311 Å². The molecule has 4 aromatic rings. The standard InChI is InChI=1S/4C14H16N2O4.2Rh/c4*1-20-13(18)11-9-16(14(19)15-11)12(17)8-7-10-5-3-2-4-6-10;;/h4*2-6,11H,7-9H2,1H3,(H,15,19);;/q;;;;2*+2/p-4. The van der Waals surface area contributed by atoms with E-state index in [2.05, 4.69) is 40.2 Å². The van der Waals surface area contributed by atoms with Crippen LogP contribution in [0.5, 0.6) is 0 Å². The third-order valence-electron chi connectivity index (χ3n) is 12.4. The monoisotopic (exact) mass is 1310 g/mol. The molecule has 2 radical (unpaired) electrons. The van der Waals surface area contributed by atoms with Crippen LogP contribution in [0.2, 0.25) is 0 Å². The summed E-state index contributed by atoms with van der Waals surface area (Å²) in [5.74, 6) is -3.70. The Balaban J connectivity index is 0.000000285. The molecule has 4 saturated heterocycles.